The second-order valence-corrected chi connectivity index (χ2v) is 7.53. The molecular weight excluding hydrogens is 382 g/mol. The van der Waals surface area contributed by atoms with Gasteiger partial charge in [-0.3, -0.25) is 0 Å². The molecule has 152 valence electrons. The predicted molar refractivity (Wildman–Crippen MR) is 120 cm³/mol. The predicted octanol–water partition coefficient (Wildman–Crippen LogP) is 6.48. The van der Waals surface area contributed by atoms with Gasteiger partial charge in [-0.25, -0.2) is 0 Å². The second kappa shape index (κ2) is 10.3. The normalized spacial score (nSPS) is 11.9. The van der Waals surface area contributed by atoms with Gasteiger partial charge in [-0.2, -0.15) is 0 Å². The fourth-order valence-corrected chi connectivity index (χ4v) is 3.38. The Labute approximate surface area is 178 Å². The molecule has 3 aromatic carbocycles. The molecule has 0 heterocycles. The Hall–Kier alpha value is -2.49. The summed E-state index contributed by atoms with van der Waals surface area (Å²) in [5.74, 6) is 1.27. The van der Waals surface area contributed by atoms with Gasteiger partial charge >= 0.3 is 0 Å². The molecule has 3 nitrogen and oxygen atoms in total. The highest BCUT2D eigenvalue weighted by Crippen LogP contribution is 2.37. The molecule has 0 bridgehead atoms. The van der Waals surface area contributed by atoms with Crippen molar-refractivity contribution in [2.45, 2.75) is 40.0 Å². The van der Waals surface area contributed by atoms with E-state index in [-0.39, 0.29) is 6.04 Å². The first-order valence-corrected chi connectivity index (χ1v) is 10.4. The van der Waals surface area contributed by atoms with Crippen LogP contribution >= 0.6 is 11.6 Å². The van der Waals surface area contributed by atoms with E-state index >= 15 is 0 Å². The maximum absolute atomic E-state index is 6.56. The Kier molecular flexibility index (Phi) is 7.56. The van der Waals surface area contributed by atoms with Crippen LogP contribution in [0.4, 0.5) is 0 Å². The third-order valence-corrected chi connectivity index (χ3v) is 5.07. The van der Waals surface area contributed by atoms with E-state index in [1.165, 1.54) is 11.1 Å². The lowest BCUT2D eigenvalue weighted by Crippen LogP contribution is -2.18. The summed E-state index contributed by atoms with van der Waals surface area (Å²) >= 11 is 6.56. The van der Waals surface area contributed by atoms with Crippen molar-refractivity contribution in [1.29, 1.82) is 0 Å². The molecule has 1 N–H and O–H groups in total. The fraction of sp³-hybridized carbons (Fsp3) is 0.280. The van der Waals surface area contributed by atoms with E-state index in [1.54, 1.807) is 0 Å². The summed E-state index contributed by atoms with van der Waals surface area (Å²) in [6.07, 6.45) is 0. The molecule has 0 radical (unpaired) electrons. The number of aryl methyl sites for hydroxylation is 1. The molecule has 1 atom stereocenters. The van der Waals surface area contributed by atoms with Crippen LogP contribution in [0.1, 0.15) is 42.1 Å². The Balaban J connectivity index is 1.70. The fourth-order valence-electron chi connectivity index (χ4n) is 3.10. The number of hydrogen-bond acceptors (Lipinski definition) is 3. The van der Waals surface area contributed by atoms with E-state index in [2.05, 4.69) is 67.7 Å². The van der Waals surface area contributed by atoms with Crippen LogP contribution in [-0.4, -0.2) is 6.61 Å². The molecule has 0 spiro atoms. The lowest BCUT2D eigenvalue weighted by Gasteiger charge is -2.18. The van der Waals surface area contributed by atoms with Gasteiger partial charge in [0.15, 0.2) is 11.5 Å². The Morgan fingerprint density at radius 1 is 0.931 bits per heavy atom. The Morgan fingerprint density at radius 3 is 2.34 bits per heavy atom. The molecule has 0 aliphatic heterocycles. The number of benzene rings is 3. The van der Waals surface area contributed by atoms with Crippen LogP contribution in [0.2, 0.25) is 5.02 Å². The maximum Gasteiger partial charge on any atom is 0.180 e. The van der Waals surface area contributed by atoms with Gasteiger partial charge in [0.25, 0.3) is 0 Å². The third kappa shape index (κ3) is 5.99. The summed E-state index contributed by atoms with van der Waals surface area (Å²) in [5, 5.41) is 4.10. The molecule has 0 aliphatic carbocycles. The van der Waals surface area contributed by atoms with Gasteiger partial charge in [-0.15, -0.1) is 0 Å². The van der Waals surface area contributed by atoms with Crippen LogP contribution in [0.5, 0.6) is 11.5 Å². The molecule has 0 amide bonds. The number of hydrogen-bond donors (Lipinski definition) is 1. The van der Waals surface area contributed by atoms with E-state index in [9.17, 15) is 0 Å². The Bertz CT molecular complexity index is 910. The van der Waals surface area contributed by atoms with Crippen molar-refractivity contribution in [3.8, 4) is 11.5 Å². The van der Waals surface area contributed by atoms with Gasteiger partial charge in [0.05, 0.1) is 11.6 Å². The topological polar surface area (TPSA) is 30.5 Å². The van der Waals surface area contributed by atoms with Gasteiger partial charge in [-0.05, 0) is 49.6 Å². The third-order valence-electron chi connectivity index (χ3n) is 4.78. The monoisotopic (exact) mass is 409 g/mol. The van der Waals surface area contributed by atoms with Gasteiger partial charge in [-0.1, -0.05) is 71.8 Å². The van der Waals surface area contributed by atoms with Crippen molar-refractivity contribution in [2.24, 2.45) is 0 Å². The molecule has 0 aliphatic rings. The summed E-state index contributed by atoms with van der Waals surface area (Å²) < 4.78 is 11.8. The quantitative estimate of drug-likeness (QED) is 0.439. The van der Waals surface area contributed by atoms with Crippen molar-refractivity contribution in [3.05, 3.63) is 94.0 Å². The van der Waals surface area contributed by atoms with Crippen molar-refractivity contribution < 1.29 is 9.47 Å². The minimum atomic E-state index is 0.239. The molecule has 0 fully saturated rings. The van der Waals surface area contributed by atoms with Crippen LogP contribution in [0.15, 0.2) is 66.7 Å². The van der Waals surface area contributed by atoms with Crippen LogP contribution in [-0.2, 0) is 13.2 Å². The first kappa shape index (κ1) is 21.2. The van der Waals surface area contributed by atoms with Crippen molar-refractivity contribution in [3.63, 3.8) is 0 Å². The lowest BCUT2D eigenvalue weighted by atomic mass is 10.1. The minimum absolute atomic E-state index is 0.239. The van der Waals surface area contributed by atoms with Crippen LogP contribution in [0.25, 0.3) is 0 Å². The summed E-state index contributed by atoms with van der Waals surface area (Å²) in [5.41, 5.74) is 4.63. The zero-order valence-electron chi connectivity index (χ0n) is 17.2. The number of ether oxygens (including phenoxy) is 2. The van der Waals surface area contributed by atoms with Gasteiger partial charge < -0.3 is 14.8 Å². The average Bonchev–Trinajstić information content (AvgIpc) is 2.73. The first-order chi connectivity index (χ1) is 14.1. The first-order valence-electron chi connectivity index (χ1n) is 9.98. The maximum atomic E-state index is 6.56. The van der Waals surface area contributed by atoms with E-state index < -0.39 is 0 Å². The zero-order valence-corrected chi connectivity index (χ0v) is 18.0. The highest BCUT2D eigenvalue weighted by molar-refractivity contribution is 6.32. The molecule has 4 heteroatoms. The number of rotatable bonds is 9. The smallest absolute Gasteiger partial charge is 0.180 e. The highest BCUT2D eigenvalue weighted by atomic mass is 35.5. The standard InChI is InChI=1S/C25H28ClNO2/c1-4-28-24-15-21(16-27-19(3)22-8-6-5-7-9-22)14-23(26)25(24)29-17-20-12-10-18(2)11-13-20/h5-15,19,27H,4,16-17H2,1-3H3. The molecular formula is C25H28ClNO2. The largest absolute Gasteiger partial charge is 0.490 e. The SMILES string of the molecule is CCOc1cc(CNC(C)c2ccccc2)cc(Cl)c1OCc1ccc(C)cc1. The Morgan fingerprint density at radius 2 is 1.66 bits per heavy atom. The van der Waals surface area contributed by atoms with E-state index in [4.69, 9.17) is 21.1 Å². The molecule has 0 saturated heterocycles. The second-order valence-electron chi connectivity index (χ2n) is 7.13. The summed E-state index contributed by atoms with van der Waals surface area (Å²) in [7, 11) is 0. The van der Waals surface area contributed by atoms with Crippen LogP contribution < -0.4 is 14.8 Å². The highest BCUT2D eigenvalue weighted by Gasteiger charge is 2.14. The minimum Gasteiger partial charge on any atom is -0.490 e. The summed E-state index contributed by atoms with van der Waals surface area (Å²) in [6, 6.07) is 22.8. The molecule has 0 saturated carbocycles. The molecule has 0 aromatic heterocycles. The zero-order chi connectivity index (χ0) is 20.6. The van der Waals surface area contributed by atoms with Crippen molar-refractivity contribution in [2.75, 3.05) is 6.61 Å². The van der Waals surface area contributed by atoms with E-state index in [0.29, 0.717) is 36.3 Å². The summed E-state index contributed by atoms with van der Waals surface area (Å²) in [6.45, 7) is 7.87. The van der Waals surface area contributed by atoms with E-state index in [1.807, 2.05) is 25.1 Å². The van der Waals surface area contributed by atoms with Crippen molar-refractivity contribution >= 4 is 11.6 Å². The lowest BCUT2D eigenvalue weighted by molar-refractivity contribution is 0.269. The molecule has 1 unspecified atom stereocenters. The molecule has 3 aromatic rings. The molecule has 3 rings (SSSR count). The number of nitrogens with one attached hydrogen (secondary N) is 1. The van der Waals surface area contributed by atoms with Gasteiger partial charge in [0, 0.05) is 12.6 Å². The average molecular weight is 410 g/mol. The van der Waals surface area contributed by atoms with E-state index in [0.717, 1.165) is 11.1 Å². The van der Waals surface area contributed by atoms with Crippen molar-refractivity contribution in [1.82, 2.24) is 5.32 Å². The van der Waals surface area contributed by atoms with Gasteiger partial charge in [0.2, 0.25) is 0 Å². The number of halogens is 1. The van der Waals surface area contributed by atoms with Gasteiger partial charge in [0.1, 0.15) is 6.61 Å². The van der Waals surface area contributed by atoms with Crippen LogP contribution in [0, 0.1) is 6.92 Å². The molecule has 29 heavy (non-hydrogen) atoms. The van der Waals surface area contributed by atoms with Crippen LogP contribution in [0.3, 0.4) is 0 Å². The summed E-state index contributed by atoms with van der Waals surface area (Å²) in [4.78, 5) is 0.